The van der Waals surface area contributed by atoms with Crippen molar-refractivity contribution in [1.82, 2.24) is 19.6 Å². The molecule has 0 atom stereocenters. The highest BCUT2D eigenvalue weighted by Crippen LogP contribution is 2.22. The summed E-state index contributed by atoms with van der Waals surface area (Å²) in [4.78, 5) is 11.8. The standard InChI is InChI=1S/C23H27N5/c1-2-24-23(25-14-11-21-18-28-15-7-6-10-22(28)26-21)27-16-12-20(13-17-27)19-8-4-3-5-9-19/h3-10,12,15,18H,2,11,13-14,16-17H2,1H3,(H,24,25). The molecule has 3 aromatic rings. The predicted octanol–water partition coefficient (Wildman–Crippen LogP) is 3.63. The largest absolute Gasteiger partial charge is 0.357 e. The lowest BCUT2D eigenvalue weighted by Crippen LogP contribution is -2.43. The Bertz CT molecular complexity index is 938. The summed E-state index contributed by atoms with van der Waals surface area (Å²) in [5, 5.41) is 3.44. The van der Waals surface area contributed by atoms with E-state index >= 15 is 0 Å². The number of hydrogen-bond acceptors (Lipinski definition) is 2. The minimum atomic E-state index is 0.734. The van der Waals surface area contributed by atoms with Crippen molar-refractivity contribution >= 4 is 17.2 Å². The Hall–Kier alpha value is -3.08. The van der Waals surface area contributed by atoms with E-state index in [4.69, 9.17) is 4.99 Å². The second kappa shape index (κ2) is 8.74. The number of imidazole rings is 1. The van der Waals surface area contributed by atoms with Crippen LogP contribution >= 0.6 is 0 Å². The van der Waals surface area contributed by atoms with Crippen LogP contribution in [0.3, 0.4) is 0 Å². The molecule has 0 aliphatic carbocycles. The van der Waals surface area contributed by atoms with Gasteiger partial charge in [-0.25, -0.2) is 4.98 Å². The first-order valence-corrected chi connectivity index (χ1v) is 10.0. The number of aromatic nitrogens is 2. The third-order valence-corrected chi connectivity index (χ3v) is 5.03. The van der Waals surface area contributed by atoms with E-state index in [1.807, 2.05) is 24.4 Å². The molecule has 0 saturated carbocycles. The number of rotatable bonds is 5. The minimum Gasteiger partial charge on any atom is -0.357 e. The van der Waals surface area contributed by atoms with Gasteiger partial charge in [0.25, 0.3) is 0 Å². The van der Waals surface area contributed by atoms with Gasteiger partial charge in [0.1, 0.15) is 5.65 Å². The van der Waals surface area contributed by atoms with Gasteiger partial charge in [0.05, 0.1) is 5.69 Å². The monoisotopic (exact) mass is 373 g/mol. The Morgan fingerprint density at radius 2 is 2.00 bits per heavy atom. The summed E-state index contributed by atoms with van der Waals surface area (Å²) in [7, 11) is 0. The number of hydrogen-bond donors (Lipinski definition) is 1. The number of aliphatic imine (C=N–C) groups is 1. The summed E-state index contributed by atoms with van der Waals surface area (Å²) in [6.07, 6.45) is 8.33. The van der Waals surface area contributed by atoms with Crippen LogP contribution in [0.15, 0.2) is 72.0 Å². The number of nitrogens with one attached hydrogen (secondary N) is 1. The average Bonchev–Trinajstić information content (AvgIpc) is 3.17. The quantitative estimate of drug-likeness (QED) is 0.549. The second-order valence-corrected chi connectivity index (χ2v) is 6.98. The normalized spacial score (nSPS) is 15.0. The van der Waals surface area contributed by atoms with Crippen LogP contribution < -0.4 is 5.32 Å². The van der Waals surface area contributed by atoms with Crippen LogP contribution in [0.2, 0.25) is 0 Å². The van der Waals surface area contributed by atoms with Crippen molar-refractivity contribution in [3.05, 3.63) is 78.3 Å². The minimum absolute atomic E-state index is 0.734. The number of guanidine groups is 1. The van der Waals surface area contributed by atoms with E-state index < -0.39 is 0 Å². The SMILES string of the molecule is CCNC(=NCCc1cn2ccccc2n1)N1CC=C(c2ccccc2)CC1. The maximum Gasteiger partial charge on any atom is 0.194 e. The van der Waals surface area contributed by atoms with Crippen LogP contribution in [0, 0.1) is 0 Å². The van der Waals surface area contributed by atoms with Crippen molar-refractivity contribution in [1.29, 1.82) is 0 Å². The van der Waals surface area contributed by atoms with Crippen LogP contribution in [-0.4, -0.2) is 46.4 Å². The summed E-state index contributed by atoms with van der Waals surface area (Å²) in [6, 6.07) is 16.7. The van der Waals surface area contributed by atoms with Gasteiger partial charge in [-0.1, -0.05) is 42.5 Å². The molecule has 4 rings (SSSR count). The van der Waals surface area contributed by atoms with Crippen molar-refractivity contribution in [3.63, 3.8) is 0 Å². The first-order chi connectivity index (χ1) is 13.8. The van der Waals surface area contributed by atoms with Crippen molar-refractivity contribution in [2.75, 3.05) is 26.2 Å². The molecule has 1 aliphatic heterocycles. The van der Waals surface area contributed by atoms with Gasteiger partial charge in [-0.05, 0) is 36.6 Å². The Balaban J connectivity index is 1.40. The zero-order valence-corrected chi connectivity index (χ0v) is 16.4. The summed E-state index contributed by atoms with van der Waals surface area (Å²) < 4.78 is 2.06. The first kappa shape index (κ1) is 18.3. The molecule has 1 N–H and O–H groups in total. The van der Waals surface area contributed by atoms with Gasteiger partial charge >= 0.3 is 0 Å². The van der Waals surface area contributed by atoms with Crippen molar-refractivity contribution in [2.24, 2.45) is 4.99 Å². The fourth-order valence-corrected chi connectivity index (χ4v) is 3.59. The molecule has 2 aromatic heterocycles. The van der Waals surface area contributed by atoms with Crippen LogP contribution in [-0.2, 0) is 6.42 Å². The van der Waals surface area contributed by atoms with Gasteiger partial charge in [0, 0.05) is 45.0 Å². The molecular formula is C23H27N5. The Morgan fingerprint density at radius 3 is 2.75 bits per heavy atom. The molecule has 0 radical (unpaired) electrons. The summed E-state index contributed by atoms with van der Waals surface area (Å²) in [5.41, 5.74) is 4.83. The highest BCUT2D eigenvalue weighted by atomic mass is 15.3. The smallest absolute Gasteiger partial charge is 0.194 e. The highest BCUT2D eigenvalue weighted by molar-refractivity contribution is 5.81. The molecular weight excluding hydrogens is 346 g/mol. The maximum absolute atomic E-state index is 4.85. The van der Waals surface area contributed by atoms with Crippen molar-refractivity contribution in [3.8, 4) is 0 Å². The van der Waals surface area contributed by atoms with Gasteiger partial charge in [0.15, 0.2) is 5.96 Å². The summed E-state index contributed by atoms with van der Waals surface area (Å²) in [5.74, 6) is 0.995. The van der Waals surface area contributed by atoms with Crippen molar-refractivity contribution < 1.29 is 0 Å². The molecule has 28 heavy (non-hydrogen) atoms. The van der Waals surface area contributed by atoms with E-state index in [0.29, 0.717) is 0 Å². The molecule has 0 bridgehead atoms. The molecule has 1 aliphatic rings. The molecule has 5 heteroatoms. The number of nitrogens with zero attached hydrogens (tertiary/aromatic N) is 4. The Labute approximate surface area is 166 Å². The first-order valence-electron chi connectivity index (χ1n) is 10.0. The third-order valence-electron chi connectivity index (χ3n) is 5.03. The van der Waals surface area contributed by atoms with E-state index in [1.165, 1.54) is 11.1 Å². The number of fused-ring (bicyclic) bond motifs is 1. The van der Waals surface area contributed by atoms with E-state index in [-0.39, 0.29) is 0 Å². The molecule has 3 heterocycles. The average molecular weight is 374 g/mol. The van der Waals surface area contributed by atoms with Crippen molar-refractivity contribution in [2.45, 2.75) is 19.8 Å². The van der Waals surface area contributed by atoms with Crippen LogP contribution in [0.5, 0.6) is 0 Å². The molecule has 0 spiro atoms. The zero-order valence-electron chi connectivity index (χ0n) is 16.4. The lowest BCUT2D eigenvalue weighted by molar-refractivity contribution is 0.440. The number of pyridine rings is 1. The zero-order chi connectivity index (χ0) is 19.2. The number of benzene rings is 1. The van der Waals surface area contributed by atoms with Crippen LogP contribution in [0.4, 0.5) is 0 Å². The van der Waals surface area contributed by atoms with E-state index in [1.54, 1.807) is 0 Å². The predicted molar refractivity (Wildman–Crippen MR) is 115 cm³/mol. The molecule has 0 fully saturated rings. The molecule has 0 saturated heterocycles. The lowest BCUT2D eigenvalue weighted by Gasteiger charge is -2.29. The van der Waals surface area contributed by atoms with Gasteiger partial charge in [-0.15, -0.1) is 0 Å². The third kappa shape index (κ3) is 4.25. The van der Waals surface area contributed by atoms with E-state index in [2.05, 4.69) is 69.1 Å². The summed E-state index contributed by atoms with van der Waals surface area (Å²) >= 11 is 0. The topological polar surface area (TPSA) is 44.9 Å². The molecule has 5 nitrogen and oxygen atoms in total. The fraction of sp³-hybridized carbons (Fsp3) is 0.304. The Kier molecular flexibility index (Phi) is 5.71. The molecule has 144 valence electrons. The Morgan fingerprint density at radius 1 is 1.14 bits per heavy atom. The van der Waals surface area contributed by atoms with Gasteiger partial charge < -0.3 is 14.6 Å². The molecule has 0 amide bonds. The van der Waals surface area contributed by atoms with Crippen LogP contribution in [0.25, 0.3) is 11.2 Å². The van der Waals surface area contributed by atoms with E-state index in [9.17, 15) is 0 Å². The van der Waals surface area contributed by atoms with Gasteiger partial charge in [-0.2, -0.15) is 0 Å². The maximum atomic E-state index is 4.85. The second-order valence-electron chi connectivity index (χ2n) is 6.98. The van der Waals surface area contributed by atoms with Gasteiger partial charge in [0.2, 0.25) is 0 Å². The van der Waals surface area contributed by atoms with E-state index in [0.717, 1.165) is 56.3 Å². The van der Waals surface area contributed by atoms with Gasteiger partial charge in [-0.3, -0.25) is 4.99 Å². The van der Waals surface area contributed by atoms with Crippen LogP contribution in [0.1, 0.15) is 24.6 Å². The lowest BCUT2D eigenvalue weighted by atomic mass is 10.00. The molecule has 1 aromatic carbocycles. The summed E-state index contributed by atoms with van der Waals surface area (Å²) in [6.45, 7) is 5.61. The highest BCUT2D eigenvalue weighted by Gasteiger charge is 2.16. The molecule has 0 unspecified atom stereocenters. The fourth-order valence-electron chi connectivity index (χ4n) is 3.59.